The van der Waals surface area contributed by atoms with Crippen molar-refractivity contribution in [1.29, 1.82) is 0 Å². The molecule has 0 aliphatic carbocycles. The van der Waals surface area contributed by atoms with Crippen molar-refractivity contribution < 1.29 is 4.79 Å². The molecular formula is C17H21N7OS. The van der Waals surface area contributed by atoms with E-state index in [1.807, 2.05) is 6.26 Å². The summed E-state index contributed by atoms with van der Waals surface area (Å²) in [5.74, 6) is 0.645. The predicted octanol–water partition coefficient (Wildman–Crippen LogP) is 2.19. The van der Waals surface area contributed by atoms with Crippen molar-refractivity contribution in [2.24, 2.45) is 0 Å². The standard InChI is InChI=1S/C17H21N7OS/c1-11(2)21-14-13-10-20-24(15(13)23-17(22-14)26-3)9-8-19-16(25)12-4-6-18-7-5-12/h4-7,10-11H,8-9H2,1-3H3,(H,19,25)(H,21,22,23). The number of rotatable bonds is 7. The topological polar surface area (TPSA) is 97.6 Å². The lowest BCUT2D eigenvalue weighted by Crippen LogP contribution is -2.27. The van der Waals surface area contributed by atoms with Crippen LogP contribution in [0.5, 0.6) is 0 Å². The van der Waals surface area contributed by atoms with Crippen molar-refractivity contribution in [3.05, 3.63) is 36.3 Å². The predicted molar refractivity (Wildman–Crippen MR) is 102 cm³/mol. The van der Waals surface area contributed by atoms with E-state index in [0.717, 1.165) is 16.9 Å². The summed E-state index contributed by atoms with van der Waals surface area (Å²) in [5.41, 5.74) is 1.34. The van der Waals surface area contributed by atoms with Crippen molar-refractivity contribution >= 4 is 34.5 Å². The highest BCUT2D eigenvalue weighted by Crippen LogP contribution is 2.23. The molecule has 0 aliphatic heterocycles. The number of pyridine rings is 1. The zero-order valence-corrected chi connectivity index (χ0v) is 15.7. The van der Waals surface area contributed by atoms with Crippen molar-refractivity contribution in [3.8, 4) is 0 Å². The molecule has 0 spiro atoms. The van der Waals surface area contributed by atoms with E-state index in [9.17, 15) is 4.79 Å². The molecule has 2 N–H and O–H groups in total. The Labute approximate surface area is 155 Å². The highest BCUT2D eigenvalue weighted by atomic mass is 32.2. The molecule has 3 aromatic rings. The molecule has 0 saturated heterocycles. The highest BCUT2D eigenvalue weighted by Gasteiger charge is 2.13. The van der Waals surface area contributed by atoms with Crippen LogP contribution in [0.3, 0.4) is 0 Å². The summed E-state index contributed by atoms with van der Waals surface area (Å²) in [5, 5.41) is 12.2. The minimum atomic E-state index is -0.134. The van der Waals surface area contributed by atoms with Gasteiger partial charge in [0.2, 0.25) is 0 Å². The van der Waals surface area contributed by atoms with Gasteiger partial charge >= 0.3 is 0 Å². The number of carbonyl (C=O) groups is 1. The van der Waals surface area contributed by atoms with E-state index in [0.29, 0.717) is 23.8 Å². The second-order valence-electron chi connectivity index (χ2n) is 5.95. The molecule has 0 atom stereocenters. The van der Waals surface area contributed by atoms with Gasteiger partial charge in [0, 0.05) is 30.5 Å². The maximum absolute atomic E-state index is 12.1. The summed E-state index contributed by atoms with van der Waals surface area (Å²) >= 11 is 1.48. The van der Waals surface area contributed by atoms with Crippen LogP contribution >= 0.6 is 11.8 Å². The van der Waals surface area contributed by atoms with Gasteiger partial charge in [-0.15, -0.1) is 0 Å². The van der Waals surface area contributed by atoms with E-state index >= 15 is 0 Å². The lowest BCUT2D eigenvalue weighted by molar-refractivity contribution is 0.0952. The molecule has 3 aromatic heterocycles. The molecule has 0 saturated carbocycles. The number of fused-ring (bicyclic) bond motifs is 1. The molecule has 0 fully saturated rings. The number of aromatic nitrogens is 5. The van der Waals surface area contributed by atoms with E-state index in [2.05, 4.69) is 44.5 Å². The van der Waals surface area contributed by atoms with Crippen LogP contribution in [0.1, 0.15) is 24.2 Å². The van der Waals surface area contributed by atoms with Crippen molar-refractivity contribution in [1.82, 2.24) is 30.0 Å². The van der Waals surface area contributed by atoms with Gasteiger partial charge in [0.15, 0.2) is 10.8 Å². The summed E-state index contributed by atoms with van der Waals surface area (Å²) in [4.78, 5) is 25.1. The summed E-state index contributed by atoms with van der Waals surface area (Å²) in [6.45, 7) is 5.09. The number of nitrogens with one attached hydrogen (secondary N) is 2. The normalized spacial score (nSPS) is 11.1. The monoisotopic (exact) mass is 371 g/mol. The van der Waals surface area contributed by atoms with Gasteiger partial charge in [-0.2, -0.15) is 5.10 Å². The van der Waals surface area contributed by atoms with Crippen LogP contribution < -0.4 is 10.6 Å². The van der Waals surface area contributed by atoms with Gasteiger partial charge in [-0.05, 0) is 32.2 Å². The van der Waals surface area contributed by atoms with Crippen LogP contribution in [0, 0.1) is 0 Å². The Balaban J connectivity index is 1.75. The quantitative estimate of drug-likeness (QED) is 0.485. The van der Waals surface area contributed by atoms with Gasteiger partial charge in [-0.25, -0.2) is 14.6 Å². The van der Waals surface area contributed by atoms with E-state index in [4.69, 9.17) is 0 Å². The highest BCUT2D eigenvalue weighted by molar-refractivity contribution is 7.98. The third-order valence-electron chi connectivity index (χ3n) is 3.64. The third kappa shape index (κ3) is 4.10. The van der Waals surface area contributed by atoms with Crippen LogP contribution in [0.2, 0.25) is 0 Å². The maximum Gasteiger partial charge on any atom is 0.251 e. The van der Waals surface area contributed by atoms with Gasteiger partial charge < -0.3 is 10.6 Å². The molecule has 0 radical (unpaired) electrons. The molecule has 0 unspecified atom stereocenters. The Morgan fingerprint density at radius 2 is 2.04 bits per heavy atom. The number of anilines is 1. The maximum atomic E-state index is 12.1. The fraction of sp³-hybridized carbons (Fsp3) is 0.353. The van der Waals surface area contributed by atoms with Crippen LogP contribution in [0.4, 0.5) is 5.82 Å². The van der Waals surface area contributed by atoms with Crippen LogP contribution in [-0.4, -0.2) is 49.5 Å². The molecule has 0 aromatic carbocycles. The SMILES string of the molecule is CSc1nc(NC(C)C)c2cnn(CCNC(=O)c3ccncc3)c2n1. The Bertz CT molecular complexity index is 895. The van der Waals surface area contributed by atoms with Crippen LogP contribution in [-0.2, 0) is 6.54 Å². The van der Waals surface area contributed by atoms with Gasteiger partial charge in [0.05, 0.1) is 18.1 Å². The minimum absolute atomic E-state index is 0.134. The Hall–Kier alpha value is -2.68. The largest absolute Gasteiger partial charge is 0.367 e. The minimum Gasteiger partial charge on any atom is -0.367 e. The number of carbonyl (C=O) groups excluding carboxylic acids is 1. The molecule has 0 bridgehead atoms. The first-order valence-corrected chi connectivity index (χ1v) is 9.53. The van der Waals surface area contributed by atoms with Gasteiger partial charge in [-0.1, -0.05) is 11.8 Å². The number of nitrogens with zero attached hydrogens (tertiary/aromatic N) is 5. The average Bonchev–Trinajstić information content (AvgIpc) is 3.05. The Morgan fingerprint density at radius 1 is 1.27 bits per heavy atom. The zero-order chi connectivity index (χ0) is 18.5. The van der Waals surface area contributed by atoms with Crippen molar-refractivity contribution in [2.45, 2.75) is 31.6 Å². The number of amides is 1. The molecule has 1 amide bonds. The summed E-state index contributed by atoms with van der Waals surface area (Å²) in [6, 6.07) is 3.62. The number of thioether (sulfide) groups is 1. The number of hydrogen-bond donors (Lipinski definition) is 2. The Kier molecular flexibility index (Phi) is 5.67. The molecular weight excluding hydrogens is 350 g/mol. The van der Waals surface area contributed by atoms with Gasteiger partial charge in [0.25, 0.3) is 5.91 Å². The van der Waals surface area contributed by atoms with Crippen molar-refractivity contribution in [3.63, 3.8) is 0 Å². The number of hydrogen-bond acceptors (Lipinski definition) is 7. The summed E-state index contributed by atoms with van der Waals surface area (Å²) < 4.78 is 1.79. The second-order valence-corrected chi connectivity index (χ2v) is 6.73. The molecule has 8 nitrogen and oxygen atoms in total. The van der Waals surface area contributed by atoms with E-state index in [1.165, 1.54) is 11.8 Å². The van der Waals surface area contributed by atoms with E-state index in [1.54, 1.807) is 35.4 Å². The lowest BCUT2D eigenvalue weighted by Gasteiger charge is -2.11. The van der Waals surface area contributed by atoms with Gasteiger partial charge in [0.1, 0.15) is 5.82 Å². The summed E-state index contributed by atoms with van der Waals surface area (Å²) in [6.07, 6.45) is 6.89. The first-order valence-electron chi connectivity index (χ1n) is 8.30. The van der Waals surface area contributed by atoms with Crippen LogP contribution in [0.25, 0.3) is 11.0 Å². The first kappa shape index (κ1) is 18.1. The van der Waals surface area contributed by atoms with E-state index in [-0.39, 0.29) is 11.9 Å². The zero-order valence-electron chi connectivity index (χ0n) is 14.9. The lowest BCUT2D eigenvalue weighted by atomic mass is 10.2. The fourth-order valence-corrected chi connectivity index (χ4v) is 2.81. The Morgan fingerprint density at radius 3 is 2.73 bits per heavy atom. The average molecular weight is 371 g/mol. The fourth-order valence-electron chi connectivity index (χ4n) is 2.45. The molecule has 9 heteroatoms. The molecule has 3 heterocycles. The second kappa shape index (κ2) is 8.13. The molecule has 136 valence electrons. The molecule has 26 heavy (non-hydrogen) atoms. The van der Waals surface area contributed by atoms with Crippen molar-refractivity contribution in [2.75, 3.05) is 18.1 Å². The molecule has 3 rings (SSSR count). The summed E-state index contributed by atoms with van der Waals surface area (Å²) in [7, 11) is 0. The van der Waals surface area contributed by atoms with Crippen LogP contribution in [0.15, 0.2) is 35.9 Å². The smallest absolute Gasteiger partial charge is 0.251 e. The van der Waals surface area contributed by atoms with E-state index < -0.39 is 0 Å². The first-order chi connectivity index (χ1) is 12.6. The van der Waals surface area contributed by atoms with Gasteiger partial charge in [-0.3, -0.25) is 9.78 Å². The third-order valence-corrected chi connectivity index (χ3v) is 4.18. The molecule has 0 aliphatic rings.